The Kier molecular flexibility index (Phi) is 12.4. The van der Waals surface area contributed by atoms with Crippen LogP contribution in [0.15, 0.2) is 89.5 Å². The number of ether oxygens (including phenoxy) is 1. The second kappa shape index (κ2) is 18.0. The van der Waals surface area contributed by atoms with Crippen LogP contribution in [0.1, 0.15) is 74.7 Å². The van der Waals surface area contributed by atoms with Crippen LogP contribution in [-0.2, 0) is 10.0 Å². The molecule has 19 heteroatoms. The highest BCUT2D eigenvalue weighted by Crippen LogP contribution is 2.45. The number of anilines is 4. The number of nitro benzene ring substituents is 1. The molecule has 354 valence electrons. The number of allylic oxidation sites excluding steroid dienone is 1. The molecule has 9 rings (SSSR count). The molecule has 0 atom stereocenters. The first-order valence-corrected chi connectivity index (χ1v) is 24.3. The number of nitrogens with zero attached hydrogens (tertiary/aromatic N) is 5. The lowest BCUT2D eigenvalue weighted by atomic mass is 9.72. The van der Waals surface area contributed by atoms with Crippen molar-refractivity contribution in [2.45, 2.75) is 75.3 Å². The van der Waals surface area contributed by atoms with Gasteiger partial charge in [0.25, 0.3) is 21.6 Å². The Balaban J connectivity index is 0.967. The molecule has 1 saturated carbocycles. The fraction of sp³-hybridized carbons (Fsp3) is 0.417. The van der Waals surface area contributed by atoms with E-state index in [2.05, 4.69) is 55.8 Å². The number of sulfonamides is 1. The normalized spacial score (nSPS) is 19.4. The lowest BCUT2D eigenvalue weighted by Gasteiger charge is -2.39. The molecule has 3 aromatic carbocycles. The predicted octanol–water partition coefficient (Wildman–Crippen LogP) is 9.89. The van der Waals surface area contributed by atoms with Crippen molar-refractivity contribution < 1.29 is 36.0 Å². The number of carbonyl (C=O) groups excluding carboxylic acids is 1. The van der Waals surface area contributed by atoms with Gasteiger partial charge in [-0.1, -0.05) is 43.2 Å². The van der Waals surface area contributed by atoms with Gasteiger partial charge in [0, 0.05) is 80.5 Å². The first-order chi connectivity index (χ1) is 31.8. The van der Waals surface area contributed by atoms with Gasteiger partial charge < -0.3 is 24.8 Å². The number of nitro groups is 1. The molecule has 4 heterocycles. The van der Waals surface area contributed by atoms with Gasteiger partial charge in [-0.15, -0.1) is 0 Å². The van der Waals surface area contributed by atoms with Gasteiger partial charge in [0.05, 0.1) is 27.6 Å². The number of piperazine rings is 1. The van der Waals surface area contributed by atoms with Crippen molar-refractivity contribution >= 4 is 72.6 Å². The van der Waals surface area contributed by atoms with Crippen molar-refractivity contribution in [1.29, 1.82) is 0 Å². The van der Waals surface area contributed by atoms with Crippen molar-refractivity contribution in [2.75, 3.05) is 67.5 Å². The Morgan fingerprint density at radius 1 is 0.925 bits per heavy atom. The van der Waals surface area contributed by atoms with Crippen molar-refractivity contribution in [2.24, 2.45) is 5.41 Å². The van der Waals surface area contributed by atoms with Crippen molar-refractivity contribution in [1.82, 2.24) is 19.6 Å². The molecule has 2 fully saturated rings. The minimum Gasteiger partial charge on any atom is -0.474 e. The molecule has 5 aromatic rings. The van der Waals surface area contributed by atoms with Gasteiger partial charge >= 0.3 is 0 Å². The van der Waals surface area contributed by atoms with Gasteiger partial charge in [0.2, 0.25) is 11.8 Å². The summed E-state index contributed by atoms with van der Waals surface area (Å²) in [5, 5.41) is 16.3. The number of carbonyl (C=O) groups is 1. The monoisotopic (exact) mass is 960 g/mol. The third kappa shape index (κ3) is 10.1. The number of nitrogens with one attached hydrogen (secondary N) is 3. The molecule has 0 bridgehead atoms. The maximum Gasteiger partial charge on any atom is 0.293 e. The summed E-state index contributed by atoms with van der Waals surface area (Å²) >= 11 is 6.25. The molecule has 1 saturated heterocycles. The Morgan fingerprint density at radius 3 is 2.40 bits per heavy atom. The highest BCUT2D eigenvalue weighted by Gasteiger charge is 2.44. The van der Waals surface area contributed by atoms with Crippen LogP contribution in [-0.4, -0.2) is 98.1 Å². The molecule has 14 nitrogen and oxygen atoms in total. The van der Waals surface area contributed by atoms with E-state index in [0.717, 1.165) is 68.2 Å². The number of amides is 1. The van der Waals surface area contributed by atoms with Crippen LogP contribution >= 0.6 is 11.6 Å². The minimum atomic E-state index is -4.72. The molecule has 0 unspecified atom stereocenters. The van der Waals surface area contributed by atoms with Gasteiger partial charge in [-0.2, -0.15) is 4.98 Å². The van der Waals surface area contributed by atoms with Crippen LogP contribution in [0, 0.1) is 15.5 Å². The van der Waals surface area contributed by atoms with Crippen LogP contribution in [0.3, 0.4) is 0 Å². The molecule has 2 aromatic heterocycles. The number of halogens is 4. The number of H-pyrrole nitrogens is 1. The Hall–Kier alpha value is -5.85. The second-order valence-corrected chi connectivity index (χ2v) is 21.0. The summed E-state index contributed by atoms with van der Waals surface area (Å²) in [6, 6.07) is 20.0. The van der Waals surface area contributed by atoms with E-state index in [1.165, 1.54) is 16.7 Å². The molecule has 3 N–H and O–H groups in total. The minimum absolute atomic E-state index is 0.0222. The number of hydrogen-bond acceptors (Lipinski definition) is 11. The maximum atomic E-state index is 15.4. The van der Waals surface area contributed by atoms with Crippen LogP contribution in [0.4, 0.5) is 41.6 Å². The molecule has 0 spiro atoms. The summed E-state index contributed by atoms with van der Waals surface area (Å²) in [7, 11) is -4.72. The quantitative estimate of drug-likeness (QED) is 0.0805. The Morgan fingerprint density at radius 2 is 1.67 bits per heavy atom. The number of benzene rings is 3. The number of aromatic nitrogens is 2. The van der Waals surface area contributed by atoms with Gasteiger partial charge in [-0.05, 0) is 103 Å². The molecule has 1 amide bonds. The highest BCUT2D eigenvalue weighted by molar-refractivity contribution is 7.90. The maximum absolute atomic E-state index is 15.4. The molecule has 2 aliphatic heterocycles. The summed E-state index contributed by atoms with van der Waals surface area (Å²) in [5.74, 6) is -3.62. The average Bonchev–Trinajstić information content (AvgIpc) is 3.77. The molecule has 67 heavy (non-hydrogen) atoms. The van der Waals surface area contributed by atoms with Gasteiger partial charge in [0.15, 0.2) is 0 Å². The average molecular weight is 962 g/mol. The Labute approximate surface area is 391 Å². The van der Waals surface area contributed by atoms with E-state index >= 15 is 4.39 Å². The van der Waals surface area contributed by atoms with Gasteiger partial charge in [0.1, 0.15) is 29.3 Å². The number of alkyl halides is 3. The van der Waals surface area contributed by atoms with E-state index in [4.69, 9.17) is 16.3 Å². The van der Waals surface area contributed by atoms with E-state index in [9.17, 15) is 32.1 Å². The van der Waals surface area contributed by atoms with Crippen molar-refractivity contribution in [3.63, 3.8) is 0 Å². The number of fused-ring (bicyclic) bond motifs is 2. The number of aromatic amines is 1. The van der Waals surface area contributed by atoms with Crippen molar-refractivity contribution in [3.8, 4) is 5.88 Å². The van der Waals surface area contributed by atoms with E-state index in [1.807, 2.05) is 35.2 Å². The third-order valence-electron chi connectivity index (χ3n) is 13.5. The van der Waals surface area contributed by atoms with E-state index < -0.39 is 75.3 Å². The molecule has 2 aliphatic carbocycles. The lowest BCUT2D eigenvalue weighted by Crippen LogP contribution is -2.47. The fourth-order valence-electron chi connectivity index (χ4n) is 9.60. The third-order valence-corrected chi connectivity index (χ3v) is 15.1. The first kappa shape index (κ1) is 46.3. The smallest absolute Gasteiger partial charge is 0.293 e. The number of hydrogen-bond donors (Lipinski definition) is 3. The van der Waals surface area contributed by atoms with Crippen LogP contribution in [0.25, 0.3) is 16.6 Å². The van der Waals surface area contributed by atoms with E-state index in [0.29, 0.717) is 47.6 Å². The number of pyridine rings is 1. The topological polar surface area (TPSA) is 166 Å². The SMILES string of the molecule is CC1(C)CCC(CN2CCN(c3ccc(C(=O)NS(=O)(=O)c4ccc(NCC5(F)CCC(F)(F)CC5)c([N+](=O)[O-])c4)c(N4CCOc5nc6[nH]ccc6cc54)c3)CC2)=C(c2ccc(Cl)cc2)C1. The predicted molar refractivity (Wildman–Crippen MR) is 253 cm³/mol. The van der Waals surface area contributed by atoms with Gasteiger partial charge in [-0.25, -0.2) is 26.3 Å². The summed E-state index contributed by atoms with van der Waals surface area (Å²) in [5.41, 5.74) is 3.76. The zero-order chi connectivity index (χ0) is 47.3. The van der Waals surface area contributed by atoms with E-state index in [1.54, 1.807) is 18.3 Å². The second-order valence-electron chi connectivity index (χ2n) is 18.9. The van der Waals surface area contributed by atoms with Crippen LogP contribution < -0.4 is 24.6 Å². The first-order valence-electron chi connectivity index (χ1n) is 22.5. The standard InChI is InChI=1S/C48H52ClF3N8O6S/c1-46(2)13-11-33(38(28-46)31-3-5-34(49)6-4-31)29-57-19-21-58(22-20-57)35-7-9-37(40(26-35)59-23-24-66-45-42(59)25-32-12-18-53-43(32)55-45)44(61)56-67(64,65)36-8-10-39(41(27-36)60(62)63)54-30-47(50)14-16-48(51,52)17-15-47/h3-10,12,18,25-27,54H,11,13-17,19-24,28-30H2,1-2H3,(H,53,55)(H,56,61). The summed E-state index contributed by atoms with van der Waals surface area (Å²) < 4.78 is 78.7. The molecule has 0 radical (unpaired) electrons. The lowest BCUT2D eigenvalue weighted by molar-refractivity contribution is -0.384. The van der Waals surface area contributed by atoms with E-state index in [-0.39, 0.29) is 23.3 Å². The van der Waals surface area contributed by atoms with Crippen LogP contribution in [0.2, 0.25) is 5.02 Å². The zero-order valence-corrected chi connectivity index (χ0v) is 38.8. The summed E-state index contributed by atoms with van der Waals surface area (Å²) in [6.07, 6.45) is 2.70. The highest BCUT2D eigenvalue weighted by atomic mass is 35.5. The largest absolute Gasteiger partial charge is 0.474 e. The molecular formula is C48H52ClF3N8O6S. The van der Waals surface area contributed by atoms with Crippen LogP contribution in [0.5, 0.6) is 5.88 Å². The van der Waals surface area contributed by atoms with Crippen molar-refractivity contribution in [3.05, 3.63) is 111 Å². The number of rotatable bonds is 12. The molecule has 4 aliphatic rings. The summed E-state index contributed by atoms with van der Waals surface area (Å²) in [6.45, 7) is 8.52. The Bertz CT molecular complexity index is 2860. The zero-order valence-electron chi connectivity index (χ0n) is 37.2. The summed E-state index contributed by atoms with van der Waals surface area (Å²) in [4.78, 5) is 39.4. The fourth-order valence-corrected chi connectivity index (χ4v) is 10.7. The van der Waals surface area contributed by atoms with Gasteiger partial charge in [-0.3, -0.25) is 19.8 Å². The molecular weight excluding hydrogens is 909 g/mol.